The minimum absolute atomic E-state index is 0.283. The zero-order valence-corrected chi connectivity index (χ0v) is 13.4. The van der Waals surface area contributed by atoms with Gasteiger partial charge in [0, 0.05) is 8.95 Å². The van der Waals surface area contributed by atoms with Crippen LogP contribution >= 0.6 is 43.2 Å². The third kappa shape index (κ3) is 2.80. The van der Waals surface area contributed by atoms with Crippen LogP contribution in [0.2, 0.25) is 0 Å². The lowest BCUT2D eigenvalue weighted by molar-refractivity contribution is 0.628. The maximum Gasteiger partial charge on any atom is 0.188 e. The van der Waals surface area contributed by atoms with E-state index in [0.29, 0.717) is 5.69 Å². The molecule has 3 rings (SSSR count). The third-order valence-corrected chi connectivity index (χ3v) is 4.64. The second kappa shape index (κ2) is 5.19. The van der Waals surface area contributed by atoms with Crippen LogP contribution in [-0.4, -0.2) is 4.98 Å². The first-order valence-corrected chi connectivity index (χ1v) is 7.80. The number of nitrogens with zero attached hydrogens (tertiary/aromatic N) is 1. The zero-order chi connectivity index (χ0) is 13.4. The molecule has 96 valence electrons. The van der Waals surface area contributed by atoms with Crippen molar-refractivity contribution in [1.82, 2.24) is 4.98 Å². The largest absolute Gasteiger partial charge is 0.330 e. The van der Waals surface area contributed by atoms with Crippen LogP contribution in [-0.2, 0) is 0 Å². The monoisotopic (exact) mass is 400 g/mol. The van der Waals surface area contributed by atoms with Crippen LogP contribution in [0.25, 0.3) is 10.2 Å². The van der Waals surface area contributed by atoms with E-state index >= 15 is 0 Å². The van der Waals surface area contributed by atoms with Crippen molar-refractivity contribution in [1.29, 1.82) is 0 Å². The molecule has 3 aromatic rings. The topological polar surface area (TPSA) is 24.9 Å². The Hall–Kier alpha value is -0.980. The number of hydrogen-bond acceptors (Lipinski definition) is 3. The van der Waals surface area contributed by atoms with E-state index in [4.69, 9.17) is 0 Å². The van der Waals surface area contributed by atoms with Gasteiger partial charge in [0.15, 0.2) is 5.13 Å². The second-order valence-electron chi connectivity index (χ2n) is 3.88. The average Bonchev–Trinajstić information content (AvgIpc) is 2.75. The number of fused-ring (bicyclic) bond motifs is 1. The van der Waals surface area contributed by atoms with E-state index in [1.165, 1.54) is 23.5 Å². The number of anilines is 2. The van der Waals surface area contributed by atoms with Crippen molar-refractivity contribution in [3.05, 3.63) is 51.2 Å². The molecule has 0 atom stereocenters. The lowest BCUT2D eigenvalue weighted by Crippen LogP contribution is -1.91. The minimum Gasteiger partial charge on any atom is -0.330 e. The van der Waals surface area contributed by atoms with Gasteiger partial charge in [0.25, 0.3) is 0 Å². The molecule has 1 N–H and O–H groups in total. The highest BCUT2D eigenvalue weighted by Gasteiger charge is 2.07. The Balaban J connectivity index is 1.98. The SMILES string of the molecule is Fc1ccc(Br)c(Nc2nc3ccc(Br)cc3s2)c1. The summed E-state index contributed by atoms with van der Waals surface area (Å²) in [5.74, 6) is -0.283. The second-order valence-corrected chi connectivity index (χ2v) is 6.68. The Morgan fingerprint density at radius 2 is 1.95 bits per heavy atom. The maximum absolute atomic E-state index is 13.2. The summed E-state index contributed by atoms with van der Waals surface area (Å²) in [4.78, 5) is 4.46. The highest BCUT2D eigenvalue weighted by molar-refractivity contribution is 9.10. The third-order valence-electron chi connectivity index (χ3n) is 2.52. The van der Waals surface area contributed by atoms with Gasteiger partial charge in [-0.25, -0.2) is 9.37 Å². The fourth-order valence-corrected chi connectivity index (χ4v) is 3.44. The van der Waals surface area contributed by atoms with E-state index in [1.54, 1.807) is 6.07 Å². The van der Waals surface area contributed by atoms with Crippen LogP contribution in [0, 0.1) is 5.82 Å². The molecule has 19 heavy (non-hydrogen) atoms. The van der Waals surface area contributed by atoms with E-state index in [-0.39, 0.29) is 5.82 Å². The summed E-state index contributed by atoms with van der Waals surface area (Å²) < 4.78 is 16.1. The molecule has 2 nitrogen and oxygen atoms in total. The number of halogens is 3. The van der Waals surface area contributed by atoms with Crippen molar-refractivity contribution in [3.8, 4) is 0 Å². The van der Waals surface area contributed by atoms with Gasteiger partial charge in [-0.2, -0.15) is 0 Å². The van der Waals surface area contributed by atoms with Gasteiger partial charge in [-0.05, 0) is 52.3 Å². The van der Waals surface area contributed by atoms with Crippen molar-refractivity contribution >= 4 is 64.2 Å². The number of benzene rings is 2. The van der Waals surface area contributed by atoms with E-state index in [0.717, 1.165) is 24.3 Å². The van der Waals surface area contributed by atoms with Gasteiger partial charge in [0.05, 0.1) is 15.9 Å². The van der Waals surface area contributed by atoms with Gasteiger partial charge in [-0.1, -0.05) is 27.3 Å². The number of hydrogen-bond donors (Lipinski definition) is 1. The number of thiazole rings is 1. The molecule has 0 saturated carbocycles. The Kier molecular flexibility index (Phi) is 3.56. The maximum atomic E-state index is 13.2. The molecule has 0 saturated heterocycles. The van der Waals surface area contributed by atoms with E-state index in [9.17, 15) is 4.39 Å². The highest BCUT2D eigenvalue weighted by Crippen LogP contribution is 2.32. The van der Waals surface area contributed by atoms with Crippen molar-refractivity contribution in [2.45, 2.75) is 0 Å². The average molecular weight is 402 g/mol. The molecule has 6 heteroatoms. The highest BCUT2D eigenvalue weighted by atomic mass is 79.9. The number of aromatic nitrogens is 1. The van der Waals surface area contributed by atoms with Crippen LogP contribution in [0.1, 0.15) is 0 Å². The Bertz CT molecular complexity index is 757. The molecular formula is C13H7Br2FN2S. The molecule has 0 aliphatic rings. The molecule has 0 radical (unpaired) electrons. The number of nitrogens with one attached hydrogen (secondary N) is 1. The quantitative estimate of drug-likeness (QED) is 0.595. The standard InChI is InChI=1S/C13H7Br2FN2S/c14-7-1-4-10-12(5-7)19-13(17-10)18-11-6-8(16)2-3-9(11)15/h1-6H,(H,17,18). The molecule has 0 amide bonds. The molecule has 2 aromatic carbocycles. The zero-order valence-electron chi connectivity index (χ0n) is 9.45. The van der Waals surface area contributed by atoms with E-state index in [2.05, 4.69) is 42.2 Å². The van der Waals surface area contributed by atoms with Crippen molar-refractivity contribution in [2.24, 2.45) is 0 Å². The molecule has 0 unspecified atom stereocenters. The fraction of sp³-hybridized carbons (Fsp3) is 0. The lowest BCUT2D eigenvalue weighted by atomic mass is 10.3. The smallest absolute Gasteiger partial charge is 0.188 e. The fourth-order valence-electron chi connectivity index (χ4n) is 1.66. The van der Waals surface area contributed by atoms with Crippen molar-refractivity contribution in [2.75, 3.05) is 5.32 Å². The molecule has 1 aromatic heterocycles. The van der Waals surface area contributed by atoms with E-state index in [1.807, 2.05) is 18.2 Å². The van der Waals surface area contributed by atoms with Crippen molar-refractivity contribution < 1.29 is 4.39 Å². The van der Waals surface area contributed by atoms with Gasteiger partial charge in [0.2, 0.25) is 0 Å². The summed E-state index contributed by atoms with van der Waals surface area (Å²) in [6.07, 6.45) is 0. The van der Waals surface area contributed by atoms with Crippen LogP contribution < -0.4 is 5.32 Å². The first kappa shape index (κ1) is 13.0. The Morgan fingerprint density at radius 1 is 1.11 bits per heavy atom. The molecule has 0 spiro atoms. The predicted molar refractivity (Wildman–Crippen MR) is 84.7 cm³/mol. The van der Waals surface area contributed by atoms with Gasteiger partial charge in [0.1, 0.15) is 5.82 Å². The summed E-state index contributed by atoms with van der Waals surface area (Å²) in [6, 6.07) is 10.4. The van der Waals surface area contributed by atoms with Gasteiger partial charge in [-0.3, -0.25) is 0 Å². The molecule has 0 bridgehead atoms. The van der Waals surface area contributed by atoms with Gasteiger partial charge in [-0.15, -0.1) is 0 Å². The van der Waals surface area contributed by atoms with Crippen molar-refractivity contribution in [3.63, 3.8) is 0 Å². The summed E-state index contributed by atoms with van der Waals surface area (Å²) in [5, 5.41) is 3.86. The lowest BCUT2D eigenvalue weighted by Gasteiger charge is -2.04. The number of rotatable bonds is 2. The Labute approximate surface area is 129 Å². The first-order chi connectivity index (χ1) is 9.11. The van der Waals surface area contributed by atoms with Crippen LogP contribution in [0.15, 0.2) is 45.3 Å². The predicted octanol–water partition coefficient (Wildman–Crippen LogP) is 5.70. The van der Waals surface area contributed by atoms with Crippen LogP contribution in [0.3, 0.4) is 0 Å². The minimum atomic E-state index is -0.283. The molecule has 0 aliphatic heterocycles. The van der Waals surface area contributed by atoms with Gasteiger partial charge >= 0.3 is 0 Å². The van der Waals surface area contributed by atoms with E-state index < -0.39 is 0 Å². The summed E-state index contributed by atoms with van der Waals surface area (Å²) >= 11 is 8.34. The summed E-state index contributed by atoms with van der Waals surface area (Å²) in [6.45, 7) is 0. The van der Waals surface area contributed by atoms with Crippen LogP contribution in [0.4, 0.5) is 15.2 Å². The first-order valence-electron chi connectivity index (χ1n) is 5.40. The summed E-state index contributed by atoms with van der Waals surface area (Å²) in [7, 11) is 0. The molecule has 0 aliphatic carbocycles. The summed E-state index contributed by atoms with van der Waals surface area (Å²) in [5.41, 5.74) is 1.58. The normalized spacial score (nSPS) is 10.9. The molecule has 1 heterocycles. The van der Waals surface area contributed by atoms with Gasteiger partial charge < -0.3 is 5.32 Å². The Morgan fingerprint density at radius 3 is 2.79 bits per heavy atom. The van der Waals surface area contributed by atoms with Crippen LogP contribution in [0.5, 0.6) is 0 Å². The molecular weight excluding hydrogens is 395 g/mol. The molecule has 0 fully saturated rings.